The van der Waals surface area contributed by atoms with E-state index < -0.39 is 17.9 Å². The molecule has 0 radical (unpaired) electrons. The molecular formula is C11H14N2O3. The van der Waals surface area contributed by atoms with Gasteiger partial charge in [-0.3, -0.25) is 9.59 Å². The van der Waals surface area contributed by atoms with E-state index in [9.17, 15) is 14.7 Å². The molecule has 0 spiro atoms. The predicted octanol–water partition coefficient (Wildman–Crippen LogP) is 0.304. The number of aromatic hydroxyl groups is 1. The van der Waals surface area contributed by atoms with Crippen LogP contribution in [0.5, 0.6) is 5.75 Å². The Kier molecular flexibility index (Phi) is 3.50. The first kappa shape index (κ1) is 12.0. The van der Waals surface area contributed by atoms with Crippen molar-refractivity contribution in [3.05, 3.63) is 29.3 Å². The molecule has 1 aromatic carbocycles. The Balaban J connectivity index is 2.81. The summed E-state index contributed by atoms with van der Waals surface area (Å²) in [5, 5.41) is 11.7. The molecule has 0 aliphatic rings. The topological polar surface area (TPSA) is 92.4 Å². The van der Waals surface area contributed by atoms with Crippen LogP contribution >= 0.6 is 0 Å². The monoisotopic (exact) mass is 222 g/mol. The Hall–Kier alpha value is -2.04. The van der Waals surface area contributed by atoms with Crippen LogP contribution in [0, 0.1) is 6.92 Å². The summed E-state index contributed by atoms with van der Waals surface area (Å²) in [6.07, 6.45) is 0. The number of hydrogen-bond donors (Lipinski definition) is 3. The van der Waals surface area contributed by atoms with Crippen LogP contribution in [-0.2, 0) is 4.79 Å². The second-order valence-electron chi connectivity index (χ2n) is 3.60. The fraction of sp³-hybridized carbons (Fsp3) is 0.273. The standard InChI is InChI=1S/C11H14N2O3/c1-6-5-8(3-4-9(6)14)11(16)13-7(2)10(12)15/h3-5,7,14H,1-2H3,(H2,12,15)(H,13,16)/t7-/m0/s1. The van der Waals surface area contributed by atoms with E-state index in [4.69, 9.17) is 5.73 Å². The third-order valence-electron chi connectivity index (χ3n) is 2.23. The van der Waals surface area contributed by atoms with E-state index in [0.29, 0.717) is 11.1 Å². The average Bonchev–Trinajstić information content (AvgIpc) is 2.21. The summed E-state index contributed by atoms with van der Waals surface area (Å²) in [4.78, 5) is 22.4. The van der Waals surface area contributed by atoms with E-state index in [2.05, 4.69) is 5.32 Å². The van der Waals surface area contributed by atoms with Crippen molar-refractivity contribution in [2.75, 3.05) is 0 Å². The summed E-state index contributed by atoms with van der Waals surface area (Å²) >= 11 is 0. The van der Waals surface area contributed by atoms with Gasteiger partial charge in [-0.2, -0.15) is 0 Å². The number of amides is 2. The quantitative estimate of drug-likeness (QED) is 0.687. The number of carbonyl (C=O) groups is 2. The number of benzene rings is 1. The van der Waals surface area contributed by atoms with Crippen LogP contribution in [0.25, 0.3) is 0 Å². The van der Waals surface area contributed by atoms with E-state index in [-0.39, 0.29) is 5.75 Å². The molecule has 0 saturated carbocycles. The van der Waals surface area contributed by atoms with Gasteiger partial charge in [0.05, 0.1) is 0 Å². The number of aryl methyl sites for hydroxylation is 1. The summed E-state index contributed by atoms with van der Waals surface area (Å²) < 4.78 is 0. The number of phenols is 1. The van der Waals surface area contributed by atoms with Gasteiger partial charge in [-0.05, 0) is 37.6 Å². The smallest absolute Gasteiger partial charge is 0.251 e. The lowest BCUT2D eigenvalue weighted by Gasteiger charge is -2.10. The maximum Gasteiger partial charge on any atom is 0.251 e. The zero-order valence-corrected chi connectivity index (χ0v) is 9.15. The van der Waals surface area contributed by atoms with Gasteiger partial charge < -0.3 is 16.2 Å². The maximum absolute atomic E-state index is 11.6. The number of nitrogens with two attached hydrogens (primary N) is 1. The van der Waals surface area contributed by atoms with Gasteiger partial charge in [0.15, 0.2) is 0 Å². The Morgan fingerprint density at radius 2 is 2.06 bits per heavy atom. The van der Waals surface area contributed by atoms with Crippen molar-refractivity contribution in [2.24, 2.45) is 5.73 Å². The lowest BCUT2D eigenvalue weighted by molar-refractivity contribution is -0.119. The third-order valence-corrected chi connectivity index (χ3v) is 2.23. The molecule has 0 unspecified atom stereocenters. The summed E-state index contributed by atoms with van der Waals surface area (Å²) in [5.74, 6) is -0.863. The molecule has 0 aliphatic carbocycles. The lowest BCUT2D eigenvalue weighted by atomic mass is 10.1. The van der Waals surface area contributed by atoms with E-state index in [0.717, 1.165) is 0 Å². The Morgan fingerprint density at radius 1 is 1.44 bits per heavy atom. The van der Waals surface area contributed by atoms with Crippen LogP contribution in [-0.4, -0.2) is 23.0 Å². The average molecular weight is 222 g/mol. The number of nitrogens with one attached hydrogen (secondary N) is 1. The molecule has 5 nitrogen and oxygen atoms in total. The molecule has 1 rings (SSSR count). The van der Waals surface area contributed by atoms with E-state index >= 15 is 0 Å². The van der Waals surface area contributed by atoms with Gasteiger partial charge in [-0.25, -0.2) is 0 Å². The number of phenolic OH excluding ortho intramolecular Hbond substituents is 1. The van der Waals surface area contributed by atoms with Gasteiger partial charge in [-0.15, -0.1) is 0 Å². The van der Waals surface area contributed by atoms with Crippen LogP contribution in [0.2, 0.25) is 0 Å². The molecule has 0 saturated heterocycles. The van der Waals surface area contributed by atoms with Crippen LogP contribution in [0.4, 0.5) is 0 Å². The number of carbonyl (C=O) groups excluding carboxylic acids is 2. The minimum atomic E-state index is -0.721. The molecule has 5 heteroatoms. The Bertz CT molecular complexity index is 429. The highest BCUT2D eigenvalue weighted by molar-refractivity contribution is 5.97. The lowest BCUT2D eigenvalue weighted by Crippen LogP contribution is -2.42. The predicted molar refractivity (Wildman–Crippen MR) is 59.0 cm³/mol. The summed E-state index contributed by atoms with van der Waals surface area (Å²) in [5.41, 5.74) is 6.00. The number of rotatable bonds is 3. The fourth-order valence-corrected chi connectivity index (χ4v) is 1.15. The largest absolute Gasteiger partial charge is 0.508 e. The zero-order valence-electron chi connectivity index (χ0n) is 9.15. The molecule has 4 N–H and O–H groups in total. The number of primary amides is 1. The van der Waals surface area contributed by atoms with Crippen LogP contribution in [0.1, 0.15) is 22.8 Å². The molecule has 1 atom stereocenters. The fourth-order valence-electron chi connectivity index (χ4n) is 1.15. The molecule has 0 fully saturated rings. The summed E-state index contributed by atoms with van der Waals surface area (Å²) in [6.45, 7) is 3.19. The molecule has 86 valence electrons. The van der Waals surface area contributed by atoms with Gasteiger partial charge in [0, 0.05) is 5.56 Å². The van der Waals surface area contributed by atoms with Gasteiger partial charge in [0.25, 0.3) is 5.91 Å². The second-order valence-corrected chi connectivity index (χ2v) is 3.60. The zero-order chi connectivity index (χ0) is 12.3. The molecule has 0 aromatic heterocycles. The van der Waals surface area contributed by atoms with Crippen molar-refractivity contribution >= 4 is 11.8 Å². The summed E-state index contributed by atoms with van der Waals surface area (Å²) in [6, 6.07) is 3.73. The van der Waals surface area contributed by atoms with Gasteiger partial charge in [0.1, 0.15) is 11.8 Å². The van der Waals surface area contributed by atoms with Crippen molar-refractivity contribution < 1.29 is 14.7 Å². The minimum Gasteiger partial charge on any atom is -0.508 e. The van der Waals surface area contributed by atoms with Crippen molar-refractivity contribution in [3.8, 4) is 5.75 Å². The molecule has 0 aliphatic heterocycles. The highest BCUT2D eigenvalue weighted by atomic mass is 16.3. The molecule has 0 heterocycles. The van der Waals surface area contributed by atoms with Crippen LogP contribution in [0.3, 0.4) is 0 Å². The SMILES string of the molecule is Cc1cc(C(=O)N[C@@H](C)C(N)=O)ccc1O. The van der Waals surface area contributed by atoms with Crippen molar-refractivity contribution in [1.82, 2.24) is 5.32 Å². The van der Waals surface area contributed by atoms with Crippen molar-refractivity contribution in [1.29, 1.82) is 0 Å². The molecule has 1 aromatic rings. The van der Waals surface area contributed by atoms with Gasteiger partial charge >= 0.3 is 0 Å². The van der Waals surface area contributed by atoms with Crippen molar-refractivity contribution in [2.45, 2.75) is 19.9 Å². The molecule has 16 heavy (non-hydrogen) atoms. The van der Waals surface area contributed by atoms with Crippen LogP contribution < -0.4 is 11.1 Å². The van der Waals surface area contributed by atoms with Crippen LogP contribution in [0.15, 0.2) is 18.2 Å². The Labute approximate surface area is 93.3 Å². The third kappa shape index (κ3) is 2.73. The van der Waals surface area contributed by atoms with E-state index in [1.54, 1.807) is 13.0 Å². The highest BCUT2D eigenvalue weighted by Gasteiger charge is 2.14. The van der Waals surface area contributed by atoms with Crippen molar-refractivity contribution in [3.63, 3.8) is 0 Å². The minimum absolute atomic E-state index is 0.125. The molecular weight excluding hydrogens is 208 g/mol. The van der Waals surface area contributed by atoms with E-state index in [1.807, 2.05) is 0 Å². The maximum atomic E-state index is 11.6. The van der Waals surface area contributed by atoms with Gasteiger partial charge in [0.2, 0.25) is 5.91 Å². The summed E-state index contributed by atoms with van der Waals surface area (Å²) in [7, 11) is 0. The Morgan fingerprint density at radius 3 is 2.56 bits per heavy atom. The molecule has 2 amide bonds. The molecule has 0 bridgehead atoms. The highest BCUT2D eigenvalue weighted by Crippen LogP contribution is 2.16. The van der Waals surface area contributed by atoms with E-state index in [1.165, 1.54) is 19.1 Å². The normalized spacial score (nSPS) is 11.9. The first-order valence-electron chi connectivity index (χ1n) is 4.81. The second kappa shape index (κ2) is 4.65. The van der Waals surface area contributed by atoms with Gasteiger partial charge in [-0.1, -0.05) is 0 Å². The number of hydrogen-bond acceptors (Lipinski definition) is 3. The first-order valence-corrected chi connectivity index (χ1v) is 4.81. The first-order chi connectivity index (χ1) is 7.41.